The molecule has 0 spiro atoms. The Kier molecular flexibility index (Phi) is 24.7. The number of halogens is 11. The summed E-state index contributed by atoms with van der Waals surface area (Å²) in [6, 6.07) is 28.7. The Hall–Kier alpha value is -5.85. The van der Waals surface area contributed by atoms with E-state index in [-0.39, 0.29) is 61.3 Å². The van der Waals surface area contributed by atoms with Crippen molar-refractivity contribution in [2.45, 2.75) is 26.1 Å². The Morgan fingerprint density at radius 3 is 1.25 bits per heavy atom. The van der Waals surface area contributed by atoms with Gasteiger partial charge < -0.3 is 34.3 Å². The molecule has 0 saturated carbocycles. The van der Waals surface area contributed by atoms with Crippen LogP contribution < -0.4 is 20.1 Å². The molecule has 6 aromatic carbocycles. The van der Waals surface area contributed by atoms with Gasteiger partial charge in [0, 0.05) is 13.0 Å². The number of alkyl halides is 2. The van der Waals surface area contributed by atoms with E-state index >= 15 is 0 Å². The van der Waals surface area contributed by atoms with E-state index in [0.29, 0.717) is 11.1 Å². The van der Waals surface area contributed by atoms with Gasteiger partial charge in [-0.2, -0.15) is 0 Å². The summed E-state index contributed by atoms with van der Waals surface area (Å²) in [5.74, 6) is -5.57. The van der Waals surface area contributed by atoms with Gasteiger partial charge >= 0.3 is 12.3 Å². The standard InChI is InChI=1S/C24H18Cl3F2NO4.C15H12Cl2O3.C10H10ClF2NO2.FH/c1-2-33-24(32)34-22-16(26)10-15(11-17(22)27)13-6-8-14(9-7-13)20(12-25)30-23(31)21-18(28)4-3-5-19(21)29;1-2-19-15(18)20-14-12(16)8-11(9-13(14)17)10-6-4-3-5-7-10;1-16-8(5-11)14-10(15)9-6(12)3-2-4-7(9)13;/h3-11,20H,2,12H2,1H3,(H,30,31);3-9H,2H2,1H3;2-4,8H,5H2,1H3,(H,14,15);1H. The molecule has 2 unspecified atom stereocenters. The maximum atomic E-state index is 13.9. The molecule has 6 rings (SSSR count). The first-order chi connectivity index (χ1) is 33.5. The van der Waals surface area contributed by atoms with Crippen molar-refractivity contribution in [3.63, 3.8) is 0 Å². The van der Waals surface area contributed by atoms with Gasteiger partial charge in [0.05, 0.1) is 45.2 Å². The number of ether oxygens (including phenoxy) is 5. The monoisotopic (exact) mass is 1110 g/mol. The van der Waals surface area contributed by atoms with Crippen molar-refractivity contribution in [2.24, 2.45) is 0 Å². The van der Waals surface area contributed by atoms with Crippen LogP contribution in [-0.4, -0.2) is 62.4 Å². The normalized spacial score (nSPS) is 11.2. The van der Waals surface area contributed by atoms with Crippen molar-refractivity contribution in [3.05, 3.63) is 175 Å². The van der Waals surface area contributed by atoms with E-state index in [1.165, 1.54) is 19.2 Å². The van der Waals surface area contributed by atoms with Crippen LogP contribution in [0.1, 0.15) is 46.2 Å². The van der Waals surface area contributed by atoms with Crippen molar-refractivity contribution in [2.75, 3.05) is 32.1 Å². The fraction of sp³-hybridized carbons (Fsp3) is 0.184. The van der Waals surface area contributed by atoms with E-state index < -0.39 is 70.8 Å². The Labute approximate surface area is 434 Å². The lowest BCUT2D eigenvalue weighted by atomic mass is 10.0. The van der Waals surface area contributed by atoms with Gasteiger partial charge in [-0.05, 0) is 90.2 Å². The van der Waals surface area contributed by atoms with Crippen molar-refractivity contribution < 1.29 is 65.1 Å². The molecular formula is C49H41Cl6F5N2O9. The number of carbonyl (C=O) groups excluding carboxylic acids is 4. The van der Waals surface area contributed by atoms with Crippen LogP contribution in [0.2, 0.25) is 20.1 Å². The molecule has 378 valence electrons. The number of nitrogens with one attached hydrogen (secondary N) is 2. The minimum atomic E-state index is -0.967. The number of benzene rings is 6. The molecule has 22 heteroatoms. The fourth-order valence-corrected chi connectivity index (χ4v) is 7.48. The van der Waals surface area contributed by atoms with Gasteiger partial charge in [0.15, 0.2) is 11.5 Å². The largest absolute Gasteiger partial charge is 0.513 e. The molecule has 2 amide bonds. The van der Waals surface area contributed by atoms with Gasteiger partial charge in [-0.1, -0.05) is 113 Å². The smallest absolute Gasteiger partial charge is 0.434 e. The maximum Gasteiger partial charge on any atom is 0.513 e. The Bertz CT molecular complexity index is 2670. The SMILES string of the molecule is CCOC(=O)Oc1c(Cl)cc(-c2ccc(C(CCl)NC(=O)c3c(F)cccc3F)cc2)cc1Cl.CCOC(=O)Oc1c(Cl)cc(-c2ccccc2)cc1Cl.COC(CCl)NC(=O)c1c(F)cccc1F.F. The lowest BCUT2D eigenvalue weighted by Crippen LogP contribution is -2.38. The van der Waals surface area contributed by atoms with E-state index in [9.17, 15) is 36.7 Å². The number of methoxy groups -OCH3 is 1. The van der Waals surface area contributed by atoms with Gasteiger partial charge in [-0.25, -0.2) is 27.2 Å². The van der Waals surface area contributed by atoms with Gasteiger partial charge in [0.25, 0.3) is 11.8 Å². The predicted octanol–water partition coefficient (Wildman–Crippen LogP) is 14.4. The summed E-state index contributed by atoms with van der Waals surface area (Å²) >= 11 is 36.1. The lowest BCUT2D eigenvalue weighted by molar-refractivity contribution is 0.0663. The second-order valence-corrected chi connectivity index (χ2v) is 16.1. The average Bonchev–Trinajstić information content (AvgIpc) is 3.33. The first kappa shape index (κ1) is 59.5. The summed E-state index contributed by atoms with van der Waals surface area (Å²) in [6.45, 7) is 3.67. The molecule has 0 heterocycles. The van der Waals surface area contributed by atoms with Gasteiger partial charge in [0.2, 0.25) is 0 Å². The first-order valence-corrected chi connectivity index (χ1v) is 23.0. The zero-order valence-electron chi connectivity index (χ0n) is 37.3. The Balaban J connectivity index is 0.000000306. The van der Waals surface area contributed by atoms with Crippen molar-refractivity contribution in [1.29, 1.82) is 0 Å². The van der Waals surface area contributed by atoms with Crippen LogP contribution in [-0.2, 0) is 14.2 Å². The zero-order valence-corrected chi connectivity index (χ0v) is 41.9. The van der Waals surface area contributed by atoms with Crippen LogP contribution in [0, 0.1) is 23.3 Å². The maximum absolute atomic E-state index is 13.9. The third-order valence-electron chi connectivity index (χ3n) is 9.20. The van der Waals surface area contributed by atoms with E-state index in [4.69, 9.17) is 93.3 Å². The fourth-order valence-electron chi connectivity index (χ4n) is 5.90. The molecule has 2 N–H and O–H groups in total. The van der Waals surface area contributed by atoms with Crippen LogP contribution in [0.25, 0.3) is 22.3 Å². The number of hydrogen-bond donors (Lipinski definition) is 2. The molecule has 0 aliphatic carbocycles. The van der Waals surface area contributed by atoms with E-state index in [2.05, 4.69) is 10.6 Å². The minimum Gasteiger partial charge on any atom is -0.434 e. The van der Waals surface area contributed by atoms with Crippen LogP contribution in [0.3, 0.4) is 0 Å². The first-order valence-electron chi connectivity index (χ1n) is 20.4. The minimum absolute atomic E-state index is 0. The number of rotatable bonds is 14. The van der Waals surface area contributed by atoms with Crippen LogP contribution >= 0.6 is 69.6 Å². The molecule has 0 aromatic heterocycles. The summed E-state index contributed by atoms with van der Waals surface area (Å²) in [5, 5.41) is 5.51. The molecule has 0 aliphatic rings. The highest BCUT2D eigenvalue weighted by Crippen LogP contribution is 2.39. The zero-order chi connectivity index (χ0) is 51.5. The summed E-state index contributed by atoms with van der Waals surface area (Å²) < 4.78 is 78.4. The van der Waals surface area contributed by atoms with E-state index in [1.54, 1.807) is 62.4 Å². The van der Waals surface area contributed by atoms with Gasteiger partial charge in [-0.15, -0.1) is 23.2 Å². The summed E-state index contributed by atoms with van der Waals surface area (Å²) in [5.41, 5.74) is 2.46. The van der Waals surface area contributed by atoms with Gasteiger partial charge in [-0.3, -0.25) is 14.3 Å². The number of hydrogen-bond acceptors (Lipinski definition) is 9. The predicted molar refractivity (Wildman–Crippen MR) is 264 cm³/mol. The number of amides is 2. The molecule has 0 radical (unpaired) electrons. The molecule has 71 heavy (non-hydrogen) atoms. The topological polar surface area (TPSA) is 138 Å². The highest BCUT2D eigenvalue weighted by molar-refractivity contribution is 6.38. The van der Waals surface area contributed by atoms with Crippen molar-refractivity contribution in [1.82, 2.24) is 10.6 Å². The molecular weight excluding hydrogens is 1070 g/mol. The lowest BCUT2D eigenvalue weighted by Gasteiger charge is -2.18. The molecule has 6 aromatic rings. The van der Waals surface area contributed by atoms with Crippen LogP contribution in [0.15, 0.2) is 115 Å². The second-order valence-electron chi connectivity index (χ2n) is 13.8. The Morgan fingerprint density at radius 1 is 0.521 bits per heavy atom. The molecule has 0 aliphatic heterocycles. The summed E-state index contributed by atoms with van der Waals surface area (Å²) in [4.78, 5) is 46.8. The van der Waals surface area contributed by atoms with E-state index in [1.807, 2.05) is 30.3 Å². The number of carbonyl (C=O) groups is 4. The summed E-state index contributed by atoms with van der Waals surface area (Å²) in [7, 11) is 1.32. The molecule has 2 atom stereocenters. The second kappa shape index (κ2) is 29.5. The highest BCUT2D eigenvalue weighted by atomic mass is 35.5. The van der Waals surface area contributed by atoms with Crippen LogP contribution in [0.5, 0.6) is 11.5 Å². The third kappa shape index (κ3) is 17.2. The molecule has 0 fully saturated rings. The Morgan fingerprint density at radius 2 is 0.901 bits per heavy atom. The van der Waals surface area contributed by atoms with Crippen LogP contribution in [0.4, 0.5) is 31.9 Å². The van der Waals surface area contributed by atoms with Crippen molar-refractivity contribution >= 4 is 93.7 Å². The summed E-state index contributed by atoms with van der Waals surface area (Å²) in [6.07, 6.45) is -2.54. The van der Waals surface area contributed by atoms with E-state index in [0.717, 1.165) is 41.0 Å². The molecule has 0 saturated heterocycles. The average molecular weight is 1110 g/mol. The molecule has 0 bridgehead atoms. The van der Waals surface area contributed by atoms with Crippen molar-refractivity contribution in [3.8, 4) is 33.8 Å². The third-order valence-corrected chi connectivity index (χ3v) is 10.9. The van der Waals surface area contributed by atoms with Gasteiger partial charge in [0.1, 0.15) is 40.6 Å². The quantitative estimate of drug-likeness (QED) is 0.0359. The molecule has 11 nitrogen and oxygen atoms in total. The highest BCUT2D eigenvalue weighted by Gasteiger charge is 2.23.